The molecule has 2 heterocycles. The summed E-state index contributed by atoms with van der Waals surface area (Å²) >= 11 is 1.54. The van der Waals surface area contributed by atoms with Gasteiger partial charge in [-0.2, -0.15) is 0 Å². The maximum Gasteiger partial charge on any atom is 0.226 e. The summed E-state index contributed by atoms with van der Waals surface area (Å²) < 4.78 is 7.52. The second-order valence-corrected chi connectivity index (χ2v) is 7.87. The van der Waals surface area contributed by atoms with Gasteiger partial charge in [-0.1, -0.05) is 63.7 Å². The number of rotatable bonds is 5. The molecule has 0 aliphatic heterocycles. The van der Waals surface area contributed by atoms with Gasteiger partial charge in [0.2, 0.25) is 11.8 Å². The van der Waals surface area contributed by atoms with Crippen LogP contribution in [0.2, 0.25) is 0 Å². The summed E-state index contributed by atoms with van der Waals surface area (Å²) in [6.07, 6.45) is 0.746. The van der Waals surface area contributed by atoms with Gasteiger partial charge in [-0.15, -0.1) is 20.4 Å². The zero-order valence-corrected chi connectivity index (χ0v) is 16.1. The highest BCUT2D eigenvalue weighted by Crippen LogP contribution is 2.27. The summed E-state index contributed by atoms with van der Waals surface area (Å²) in [4.78, 5) is 0. The molecule has 25 heavy (non-hydrogen) atoms. The van der Waals surface area contributed by atoms with Crippen molar-refractivity contribution in [3.05, 3.63) is 41.6 Å². The molecule has 1 aromatic carbocycles. The number of thioether (sulfide) groups is 1. The fourth-order valence-electron chi connectivity index (χ4n) is 2.43. The minimum atomic E-state index is 0.140. The predicted octanol–water partition coefficient (Wildman–Crippen LogP) is 4.02. The van der Waals surface area contributed by atoms with Crippen LogP contribution >= 0.6 is 11.8 Å². The zero-order valence-electron chi connectivity index (χ0n) is 15.3. The molecule has 0 aliphatic carbocycles. The van der Waals surface area contributed by atoms with Gasteiger partial charge < -0.3 is 8.98 Å². The molecule has 3 rings (SSSR count). The van der Waals surface area contributed by atoms with Crippen LogP contribution in [-0.2, 0) is 24.6 Å². The van der Waals surface area contributed by atoms with Crippen molar-refractivity contribution in [3.63, 3.8) is 0 Å². The third-order valence-corrected chi connectivity index (χ3v) is 4.98. The molecule has 0 fully saturated rings. The van der Waals surface area contributed by atoms with Gasteiger partial charge in [0.05, 0.1) is 5.75 Å². The highest BCUT2D eigenvalue weighted by molar-refractivity contribution is 7.98. The smallest absolute Gasteiger partial charge is 0.226 e. The molecule has 0 aliphatic rings. The Hall–Kier alpha value is -2.15. The van der Waals surface area contributed by atoms with Crippen molar-refractivity contribution in [2.24, 2.45) is 7.05 Å². The molecule has 0 saturated heterocycles. The van der Waals surface area contributed by atoms with E-state index in [1.165, 1.54) is 17.3 Å². The molecule has 7 heteroatoms. The van der Waals surface area contributed by atoms with Crippen molar-refractivity contribution >= 4 is 11.8 Å². The fraction of sp³-hybridized carbons (Fsp3) is 0.444. The van der Waals surface area contributed by atoms with Crippen LogP contribution < -0.4 is 0 Å². The van der Waals surface area contributed by atoms with Gasteiger partial charge in [0.25, 0.3) is 0 Å². The lowest BCUT2D eigenvalue weighted by Gasteiger charge is -2.19. The van der Waals surface area contributed by atoms with Crippen LogP contribution in [0.3, 0.4) is 0 Å². The van der Waals surface area contributed by atoms with Gasteiger partial charge in [0.15, 0.2) is 11.0 Å². The summed E-state index contributed by atoms with van der Waals surface area (Å²) in [6.45, 7) is 8.62. The topological polar surface area (TPSA) is 69.6 Å². The SMILES string of the molecule is CCc1nnc(CSc2nnc(-c3ccc(C(C)(C)C)cc3)n2C)o1. The second-order valence-electron chi connectivity index (χ2n) is 6.92. The third kappa shape index (κ3) is 3.92. The van der Waals surface area contributed by atoms with E-state index >= 15 is 0 Å². The first-order chi connectivity index (χ1) is 11.9. The number of hydrogen-bond donors (Lipinski definition) is 0. The Labute approximate surface area is 152 Å². The van der Waals surface area contributed by atoms with Crippen molar-refractivity contribution in [1.82, 2.24) is 25.0 Å². The van der Waals surface area contributed by atoms with Crippen molar-refractivity contribution in [2.75, 3.05) is 0 Å². The number of aryl methyl sites for hydroxylation is 1. The van der Waals surface area contributed by atoms with Crippen molar-refractivity contribution in [3.8, 4) is 11.4 Å². The Kier molecular flexibility index (Phi) is 4.94. The van der Waals surface area contributed by atoms with Crippen molar-refractivity contribution in [1.29, 1.82) is 0 Å². The second kappa shape index (κ2) is 7.00. The first kappa shape index (κ1) is 17.7. The van der Waals surface area contributed by atoms with Gasteiger partial charge in [-0.25, -0.2) is 0 Å². The van der Waals surface area contributed by atoms with Gasteiger partial charge >= 0.3 is 0 Å². The van der Waals surface area contributed by atoms with E-state index in [2.05, 4.69) is 65.4 Å². The molecule has 0 bridgehead atoms. The lowest BCUT2D eigenvalue weighted by atomic mass is 9.87. The van der Waals surface area contributed by atoms with Crippen molar-refractivity contribution < 1.29 is 4.42 Å². The highest BCUT2D eigenvalue weighted by Gasteiger charge is 2.16. The Morgan fingerprint density at radius 1 is 1.00 bits per heavy atom. The Morgan fingerprint density at radius 2 is 1.68 bits per heavy atom. The van der Waals surface area contributed by atoms with E-state index in [9.17, 15) is 0 Å². The molecular weight excluding hydrogens is 334 g/mol. The zero-order chi connectivity index (χ0) is 18.0. The molecule has 0 radical (unpaired) electrons. The van der Waals surface area contributed by atoms with E-state index in [4.69, 9.17) is 4.42 Å². The number of aromatic nitrogens is 5. The molecule has 132 valence electrons. The van der Waals surface area contributed by atoms with E-state index in [0.717, 1.165) is 23.0 Å². The largest absolute Gasteiger partial charge is 0.424 e. The van der Waals surface area contributed by atoms with E-state index in [1.54, 1.807) is 0 Å². The van der Waals surface area contributed by atoms with Gasteiger partial charge in [-0.05, 0) is 11.0 Å². The molecule has 0 spiro atoms. The van der Waals surface area contributed by atoms with Gasteiger partial charge in [0.1, 0.15) is 0 Å². The molecule has 0 amide bonds. The summed E-state index contributed by atoms with van der Waals surface area (Å²) in [5.74, 6) is 2.71. The average molecular weight is 357 g/mol. The molecular formula is C18H23N5OS. The minimum Gasteiger partial charge on any atom is -0.424 e. The summed E-state index contributed by atoms with van der Waals surface area (Å²) in [5, 5.41) is 17.5. The van der Waals surface area contributed by atoms with Crippen molar-refractivity contribution in [2.45, 2.75) is 50.4 Å². The van der Waals surface area contributed by atoms with E-state index in [-0.39, 0.29) is 5.41 Å². The molecule has 0 atom stereocenters. The van der Waals surface area contributed by atoms with Crippen LogP contribution in [0.1, 0.15) is 45.0 Å². The number of hydrogen-bond acceptors (Lipinski definition) is 6. The van der Waals surface area contributed by atoms with Crippen LogP contribution in [-0.4, -0.2) is 25.0 Å². The lowest BCUT2D eigenvalue weighted by Crippen LogP contribution is -2.10. The van der Waals surface area contributed by atoms with Crippen LogP contribution in [0.15, 0.2) is 33.8 Å². The quantitative estimate of drug-likeness (QED) is 0.642. The summed E-state index contributed by atoms with van der Waals surface area (Å²) in [6, 6.07) is 8.51. The third-order valence-electron chi connectivity index (χ3n) is 3.98. The van der Waals surface area contributed by atoms with Crippen LogP contribution in [0.4, 0.5) is 0 Å². The average Bonchev–Trinajstić information content (AvgIpc) is 3.19. The predicted molar refractivity (Wildman–Crippen MR) is 98.4 cm³/mol. The minimum absolute atomic E-state index is 0.140. The first-order valence-corrected chi connectivity index (χ1v) is 9.31. The fourth-order valence-corrected chi connectivity index (χ4v) is 3.18. The monoisotopic (exact) mass is 357 g/mol. The Bertz CT molecular complexity index is 845. The highest BCUT2D eigenvalue weighted by atomic mass is 32.2. The summed E-state index contributed by atoms with van der Waals surface area (Å²) in [5.41, 5.74) is 2.50. The molecule has 2 aromatic heterocycles. The van der Waals surface area contributed by atoms with E-state index in [0.29, 0.717) is 17.5 Å². The Balaban J connectivity index is 1.74. The maximum atomic E-state index is 5.53. The molecule has 3 aromatic rings. The number of benzene rings is 1. The van der Waals surface area contributed by atoms with Crippen LogP contribution in [0, 0.1) is 0 Å². The first-order valence-electron chi connectivity index (χ1n) is 8.33. The van der Waals surface area contributed by atoms with E-state index < -0.39 is 0 Å². The van der Waals surface area contributed by atoms with Gasteiger partial charge in [0, 0.05) is 19.0 Å². The molecule has 0 unspecified atom stereocenters. The van der Waals surface area contributed by atoms with Crippen LogP contribution in [0.5, 0.6) is 0 Å². The van der Waals surface area contributed by atoms with E-state index in [1.807, 2.05) is 18.5 Å². The Morgan fingerprint density at radius 3 is 2.28 bits per heavy atom. The standard InChI is InChI=1S/C18H23N5OS/c1-6-14-19-20-15(24-14)11-25-17-22-21-16(23(17)5)12-7-9-13(10-8-12)18(2,3)4/h7-10H,6,11H2,1-5H3. The molecule has 0 saturated carbocycles. The molecule has 0 N–H and O–H groups in total. The lowest BCUT2D eigenvalue weighted by molar-refractivity contribution is 0.469. The number of nitrogens with zero attached hydrogens (tertiary/aromatic N) is 5. The summed E-state index contributed by atoms with van der Waals surface area (Å²) in [7, 11) is 1.97. The maximum absolute atomic E-state index is 5.53. The van der Waals surface area contributed by atoms with Gasteiger partial charge in [-0.3, -0.25) is 0 Å². The normalized spacial score (nSPS) is 11.9. The molecule has 6 nitrogen and oxygen atoms in total. The van der Waals surface area contributed by atoms with Crippen LogP contribution in [0.25, 0.3) is 11.4 Å².